The van der Waals surface area contributed by atoms with Gasteiger partial charge in [0.1, 0.15) is 18.3 Å². The van der Waals surface area contributed by atoms with Crippen LogP contribution in [0, 0.1) is 0 Å². The van der Waals surface area contributed by atoms with Gasteiger partial charge in [0, 0.05) is 0 Å². The third-order valence-corrected chi connectivity index (χ3v) is 1.82. The van der Waals surface area contributed by atoms with E-state index in [0.717, 1.165) is 0 Å². The highest BCUT2D eigenvalue weighted by Crippen LogP contribution is 2.26. The van der Waals surface area contributed by atoms with Crippen LogP contribution in [0.25, 0.3) is 0 Å². The number of carbonyl (C=O) groups is 1. The van der Waals surface area contributed by atoms with Gasteiger partial charge in [0.15, 0.2) is 6.29 Å². The van der Waals surface area contributed by atoms with Crippen molar-refractivity contribution in [2.24, 2.45) is 0 Å². The number of hydrogen-bond acceptors (Lipinski definition) is 6. The van der Waals surface area contributed by atoms with Crippen molar-refractivity contribution in [1.29, 1.82) is 0 Å². The molecule has 0 amide bonds. The molecule has 0 aromatic carbocycles. The van der Waals surface area contributed by atoms with Crippen molar-refractivity contribution in [2.45, 2.75) is 24.1 Å². The zero-order valence-electron chi connectivity index (χ0n) is 6.12. The summed E-state index contributed by atoms with van der Waals surface area (Å²) in [5.74, 6) is -2.40. The van der Waals surface area contributed by atoms with E-state index in [-0.39, 0.29) is 6.29 Å². The molecule has 70 valence electrons. The van der Waals surface area contributed by atoms with E-state index in [1.54, 1.807) is 0 Å². The van der Waals surface area contributed by atoms with Crippen molar-refractivity contribution < 1.29 is 30.0 Å². The Morgan fingerprint density at radius 1 is 1.50 bits per heavy atom. The molecule has 1 aliphatic heterocycles. The molecule has 0 aliphatic carbocycles. The van der Waals surface area contributed by atoms with Crippen LogP contribution in [-0.4, -0.2) is 57.4 Å². The van der Waals surface area contributed by atoms with Crippen molar-refractivity contribution in [2.75, 3.05) is 6.61 Å². The molecular formula is C6H10O6. The van der Waals surface area contributed by atoms with Crippen LogP contribution < -0.4 is 0 Å². The molecule has 4 N–H and O–H groups in total. The molecular weight excluding hydrogens is 168 g/mol. The van der Waals surface area contributed by atoms with Crippen LogP contribution in [0.15, 0.2) is 0 Å². The van der Waals surface area contributed by atoms with Crippen molar-refractivity contribution in [3.8, 4) is 0 Å². The molecule has 6 heteroatoms. The fourth-order valence-corrected chi connectivity index (χ4v) is 1.07. The van der Waals surface area contributed by atoms with Gasteiger partial charge in [-0.15, -0.1) is 0 Å². The summed E-state index contributed by atoms with van der Waals surface area (Å²) in [6, 6.07) is 0. The second-order valence-corrected chi connectivity index (χ2v) is 2.64. The number of aldehydes is 1. The predicted molar refractivity (Wildman–Crippen MR) is 35.0 cm³/mol. The second-order valence-electron chi connectivity index (χ2n) is 2.64. The highest BCUT2D eigenvalue weighted by molar-refractivity contribution is 5.61. The molecule has 0 aromatic heterocycles. The molecule has 1 heterocycles. The average molecular weight is 178 g/mol. The van der Waals surface area contributed by atoms with E-state index in [1.807, 2.05) is 0 Å². The molecule has 0 spiro atoms. The lowest BCUT2D eigenvalue weighted by atomic mass is 10.1. The van der Waals surface area contributed by atoms with Crippen LogP contribution in [-0.2, 0) is 9.53 Å². The fraction of sp³-hybridized carbons (Fsp3) is 0.833. The van der Waals surface area contributed by atoms with Gasteiger partial charge in [0.25, 0.3) is 5.79 Å². The van der Waals surface area contributed by atoms with E-state index < -0.39 is 30.7 Å². The quantitative estimate of drug-likeness (QED) is 0.335. The summed E-state index contributed by atoms with van der Waals surface area (Å²) in [6.45, 7) is -0.575. The third kappa shape index (κ3) is 1.23. The largest absolute Gasteiger partial charge is 0.394 e. The standard InChI is InChI=1S/C6H10O6/c7-1-3-4(9)5(10)6(11,2-8)12-3/h2-5,7,9-11H,1H2/t3-,4-,5+,6-/m1/s1. The minimum atomic E-state index is -2.40. The lowest BCUT2D eigenvalue weighted by Crippen LogP contribution is -2.44. The zero-order chi connectivity index (χ0) is 9.35. The van der Waals surface area contributed by atoms with Gasteiger partial charge >= 0.3 is 0 Å². The zero-order valence-corrected chi connectivity index (χ0v) is 6.12. The highest BCUT2D eigenvalue weighted by atomic mass is 16.7. The third-order valence-electron chi connectivity index (χ3n) is 1.82. The molecule has 1 saturated heterocycles. The lowest BCUT2D eigenvalue weighted by molar-refractivity contribution is -0.213. The maximum atomic E-state index is 10.2. The van der Waals surface area contributed by atoms with Gasteiger partial charge in [-0.05, 0) is 0 Å². The number of hydrogen-bond donors (Lipinski definition) is 4. The lowest BCUT2D eigenvalue weighted by Gasteiger charge is -2.17. The van der Waals surface area contributed by atoms with Gasteiger partial charge in [-0.1, -0.05) is 0 Å². The van der Waals surface area contributed by atoms with Crippen LogP contribution in [0.2, 0.25) is 0 Å². The number of carbonyl (C=O) groups excluding carboxylic acids is 1. The van der Waals surface area contributed by atoms with Crippen LogP contribution in [0.4, 0.5) is 0 Å². The van der Waals surface area contributed by atoms with E-state index in [0.29, 0.717) is 0 Å². The Balaban J connectivity index is 2.79. The summed E-state index contributed by atoms with van der Waals surface area (Å²) in [6.07, 6.45) is -4.32. The summed E-state index contributed by atoms with van der Waals surface area (Å²) in [5, 5.41) is 35.8. The van der Waals surface area contributed by atoms with Gasteiger partial charge in [-0.3, -0.25) is 4.79 Å². The van der Waals surface area contributed by atoms with E-state index in [9.17, 15) is 4.79 Å². The Morgan fingerprint density at radius 2 is 2.08 bits per heavy atom. The monoisotopic (exact) mass is 178 g/mol. The summed E-state index contributed by atoms with van der Waals surface area (Å²) in [7, 11) is 0. The van der Waals surface area contributed by atoms with Crippen molar-refractivity contribution in [3.63, 3.8) is 0 Å². The van der Waals surface area contributed by atoms with Gasteiger partial charge in [-0.2, -0.15) is 0 Å². The first-order valence-electron chi connectivity index (χ1n) is 3.38. The topological polar surface area (TPSA) is 107 Å². The first kappa shape index (κ1) is 9.56. The summed E-state index contributed by atoms with van der Waals surface area (Å²) in [4.78, 5) is 10.2. The summed E-state index contributed by atoms with van der Waals surface area (Å²) < 4.78 is 4.51. The van der Waals surface area contributed by atoms with Gasteiger partial charge in [0.05, 0.1) is 6.61 Å². The fourth-order valence-electron chi connectivity index (χ4n) is 1.07. The van der Waals surface area contributed by atoms with Crippen LogP contribution in [0.5, 0.6) is 0 Å². The number of ether oxygens (including phenoxy) is 1. The van der Waals surface area contributed by atoms with Crippen molar-refractivity contribution in [1.82, 2.24) is 0 Å². The molecule has 0 unspecified atom stereocenters. The molecule has 0 saturated carbocycles. The van der Waals surface area contributed by atoms with Crippen molar-refractivity contribution in [3.05, 3.63) is 0 Å². The number of aliphatic hydroxyl groups is 4. The number of rotatable bonds is 2. The average Bonchev–Trinajstić information content (AvgIpc) is 2.31. The van der Waals surface area contributed by atoms with E-state index in [4.69, 9.17) is 20.4 Å². The summed E-state index contributed by atoms with van der Waals surface area (Å²) in [5.41, 5.74) is 0. The highest BCUT2D eigenvalue weighted by Gasteiger charge is 2.53. The Hall–Kier alpha value is -0.530. The molecule has 6 nitrogen and oxygen atoms in total. The molecule has 4 atom stereocenters. The Bertz CT molecular complexity index is 183. The van der Waals surface area contributed by atoms with E-state index >= 15 is 0 Å². The number of aliphatic hydroxyl groups excluding tert-OH is 3. The van der Waals surface area contributed by atoms with Crippen LogP contribution >= 0.6 is 0 Å². The first-order chi connectivity index (χ1) is 5.55. The summed E-state index contributed by atoms with van der Waals surface area (Å²) >= 11 is 0. The first-order valence-corrected chi connectivity index (χ1v) is 3.38. The predicted octanol–water partition coefficient (Wildman–Crippen LogP) is -3.01. The molecule has 0 bridgehead atoms. The Labute approximate surface area is 68.0 Å². The van der Waals surface area contributed by atoms with Crippen molar-refractivity contribution >= 4 is 6.29 Å². The van der Waals surface area contributed by atoms with Gasteiger partial charge < -0.3 is 25.2 Å². The van der Waals surface area contributed by atoms with Crippen LogP contribution in [0.1, 0.15) is 0 Å². The minimum absolute atomic E-state index is 0.0173. The normalized spacial score (nSPS) is 47.8. The molecule has 12 heavy (non-hydrogen) atoms. The molecule has 0 aromatic rings. The molecule has 1 rings (SSSR count). The molecule has 1 fully saturated rings. The van der Waals surface area contributed by atoms with E-state index in [2.05, 4.69) is 4.74 Å². The second kappa shape index (κ2) is 3.08. The smallest absolute Gasteiger partial charge is 0.253 e. The minimum Gasteiger partial charge on any atom is -0.394 e. The molecule has 1 aliphatic rings. The Morgan fingerprint density at radius 3 is 2.33 bits per heavy atom. The molecule has 0 radical (unpaired) electrons. The van der Waals surface area contributed by atoms with Gasteiger partial charge in [0.2, 0.25) is 0 Å². The maximum Gasteiger partial charge on any atom is 0.253 e. The van der Waals surface area contributed by atoms with Gasteiger partial charge in [-0.25, -0.2) is 0 Å². The van der Waals surface area contributed by atoms with Crippen LogP contribution in [0.3, 0.4) is 0 Å². The Kier molecular flexibility index (Phi) is 2.45. The van der Waals surface area contributed by atoms with E-state index in [1.165, 1.54) is 0 Å². The SMILES string of the molecule is O=C[C@@]1(O)O[C@H](CO)[C@@H](O)[C@@H]1O. The maximum absolute atomic E-state index is 10.2.